The Bertz CT molecular complexity index is 223. The molecule has 0 saturated heterocycles. The zero-order valence-electron chi connectivity index (χ0n) is 5.67. The van der Waals surface area contributed by atoms with Crippen molar-refractivity contribution in [3.8, 4) is 0 Å². The molecule has 0 saturated carbocycles. The minimum absolute atomic E-state index is 0.0706. The normalized spacial score (nSPS) is 11.1. The highest BCUT2D eigenvalue weighted by Crippen LogP contribution is 2.04. The molecule has 0 rings (SSSR count). The van der Waals surface area contributed by atoms with Crippen LogP contribution in [0.1, 0.15) is 13.8 Å². The van der Waals surface area contributed by atoms with Gasteiger partial charge >= 0.3 is 9.24 Å². The molecule has 0 aliphatic heterocycles. The lowest BCUT2D eigenvalue weighted by Gasteiger charge is -2.12. The summed E-state index contributed by atoms with van der Waals surface area (Å²) in [5, 5.41) is 0. The lowest BCUT2D eigenvalue weighted by Crippen LogP contribution is -2.31. The van der Waals surface area contributed by atoms with Crippen LogP contribution in [0, 0.1) is 0 Å². The number of hydrogen-bond donors (Lipinski definition) is 0. The maximum atomic E-state index is 10.5. The van der Waals surface area contributed by atoms with Crippen LogP contribution in [0.3, 0.4) is 0 Å². The lowest BCUT2D eigenvalue weighted by molar-refractivity contribution is -0.124. The molecule has 6 heteroatoms. The average Bonchev–Trinajstić information content (AvgIpc) is 1.60. The first-order valence-corrected chi connectivity index (χ1v) is 4.89. The van der Waals surface area contributed by atoms with Gasteiger partial charge in [-0.2, -0.15) is 8.42 Å². The van der Waals surface area contributed by atoms with Crippen LogP contribution in [0.4, 0.5) is 0 Å². The molecule has 60 valence electrons. The Hall–Kier alpha value is -0.290. The molecule has 0 spiro atoms. The predicted molar refractivity (Wildman–Crippen MR) is 37.8 cm³/mol. The summed E-state index contributed by atoms with van der Waals surface area (Å²) in [6, 6.07) is 0. The van der Waals surface area contributed by atoms with Gasteiger partial charge in [-0.15, -0.1) is 0 Å². The first-order valence-electron chi connectivity index (χ1n) is 2.62. The molecule has 0 aliphatic carbocycles. The van der Waals surface area contributed by atoms with Gasteiger partial charge in [0, 0.05) is 24.2 Å². The highest BCUT2D eigenvalue weighted by atomic mass is 35.7. The van der Waals surface area contributed by atoms with Crippen LogP contribution in [0.2, 0.25) is 0 Å². The highest BCUT2D eigenvalue weighted by molar-refractivity contribution is 8.12. The van der Waals surface area contributed by atoms with E-state index in [0.717, 1.165) is 6.92 Å². The zero-order valence-corrected chi connectivity index (χ0v) is 7.24. The summed E-state index contributed by atoms with van der Waals surface area (Å²) in [5.41, 5.74) is 0. The third-order valence-corrected chi connectivity index (χ3v) is 2.44. The summed E-state index contributed by atoms with van der Waals surface area (Å²) in [7, 11) is 1.01. The SMILES string of the molecule is CCN(C(C)=O)S(=O)(=O)Cl. The van der Waals surface area contributed by atoms with Crippen LogP contribution in [0.15, 0.2) is 0 Å². The van der Waals surface area contributed by atoms with Crippen molar-refractivity contribution in [2.24, 2.45) is 0 Å². The minimum atomic E-state index is -3.86. The fourth-order valence-corrected chi connectivity index (χ4v) is 1.73. The number of amides is 1. The van der Waals surface area contributed by atoms with Crippen molar-refractivity contribution in [2.45, 2.75) is 13.8 Å². The van der Waals surface area contributed by atoms with Gasteiger partial charge in [0.25, 0.3) is 0 Å². The number of carbonyl (C=O) groups excluding carboxylic acids is 1. The standard InChI is InChI=1S/C4H8ClNO3S/c1-3-6(4(2)7)10(5,8)9/h3H2,1-2H3. The Kier molecular flexibility index (Phi) is 3.11. The Balaban J connectivity index is 4.55. The van der Waals surface area contributed by atoms with Gasteiger partial charge in [-0.3, -0.25) is 4.79 Å². The predicted octanol–water partition coefficient (Wildman–Crippen LogP) is 0.338. The highest BCUT2D eigenvalue weighted by Gasteiger charge is 2.18. The molecule has 0 unspecified atom stereocenters. The van der Waals surface area contributed by atoms with Crippen molar-refractivity contribution < 1.29 is 13.2 Å². The van der Waals surface area contributed by atoms with E-state index >= 15 is 0 Å². The van der Waals surface area contributed by atoms with Crippen molar-refractivity contribution in [3.05, 3.63) is 0 Å². The van der Waals surface area contributed by atoms with Crippen LogP contribution in [-0.4, -0.2) is 25.2 Å². The Morgan fingerprint density at radius 2 is 2.00 bits per heavy atom. The maximum Gasteiger partial charge on any atom is 0.323 e. The largest absolute Gasteiger partial charge is 0.323 e. The van der Waals surface area contributed by atoms with Gasteiger partial charge in [-0.05, 0) is 6.92 Å². The Morgan fingerprint density at radius 1 is 1.60 bits per heavy atom. The Morgan fingerprint density at radius 3 is 2.00 bits per heavy atom. The number of hydrogen-bond acceptors (Lipinski definition) is 3. The second-order valence-electron chi connectivity index (χ2n) is 1.63. The van der Waals surface area contributed by atoms with Crippen molar-refractivity contribution in [1.29, 1.82) is 0 Å². The molecule has 0 aromatic carbocycles. The van der Waals surface area contributed by atoms with Crippen molar-refractivity contribution in [2.75, 3.05) is 6.54 Å². The van der Waals surface area contributed by atoms with E-state index in [1.165, 1.54) is 6.92 Å². The number of carbonyl (C=O) groups is 1. The first kappa shape index (κ1) is 9.71. The number of nitrogens with zero attached hydrogens (tertiary/aromatic N) is 1. The average molecular weight is 186 g/mol. The van der Waals surface area contributed by atoms with Crippen LogP contribution in [0.5, 0.6) is 0 Å². The molecule has 0 heterocycles. The molecule has 10 heavy (non-hydrogen) atoms. The zero-order chi connectivity index (χ0) is 8.36. The molecule has 0 aliphatic rings. The van der Waals surface area contributed by atoms with Gasteiger partial charge in [0.2, 0.25) is 5.91 Å². The molecule has 1 amide bonds. The lowest BCUT2D eigenvalue weighted by atomic mass is 10.6. The summed E-state index contributed by atoms with van der Waals surface area (Å²) < 4.78 is 21.5. The monoisotopic (exact) mass is 185 g/mol. The van der Waals surface area contributed by atoms with E-state index in [1.807, 2.05) is 0 Å². The molecule has 0 fully saturated rings. The van der Waals surface area contributed by atoms with E-state index in [9.17, 15) is 13.2 Å². The van der Waals surface area contributed by atoms with Crippen molar-refractivity contribution in [3.63, 3.8) is 0 Å². The van der Waals surface area contributed by atoms with Gasteiger partial charge in [-0.25, -0.2) is 4.31 Å². The van der Waals surface area contributed by atoms with E-state index in [4.69, 9.17) is 10.7 Å². The van der Waals surface area contributed by atoms with Gasteiger partial charge in [0.15, 0.2) is 0 Å². The maximum absolute atomic E-state index is 10.5. The second kappa shape index (κ2) is 3.21. The third kappa shape index (κ3) is 2.53. The quantitative estimate of drug-likeness (QED) is 0.583. The first-order chi connectivity index (χ1) is 4.39. The fourth-order valence-electron chi connectivity index (χ4n) is 0.530. The fraction of sp³-hybridized carbons (Fsp3) is 0.750. The van der Waals surface area contributed by atoms with E-state index in [0.29, 0.717) is 4.31 Å². The van der Waals surface area contributed by atoms with Gasteiger partial charge in [-0.1, -0.05) is 0 Å². The van der Waals surface area contributed by atoms with Gasteiger partial charge < -0.3 is 0 Å². The van der Waals surface area contributed by atoms with Crippen LogP contribution in [-0.2, 0) is 14.0 Å². The topological polar surface area (TPSA) is 54.5 Å². The van der Waals surface area contributed by atoms with Crippen molar-refractivity contribution >= 4 is 25.8 Å². The van der Waals surface area contributed by atoms with Crippen LogP contribution < -0.4 is 0 Å². The summed E-state index contributed by atoms with van der Waals surface area (Å²) >= 11 is 0. The number of rotatable bonds is 2. The van der Waals surface area contributed by atoms with E-state index in [2.05, 4.69) is 0 Å². The molecule has 0 N–H and O–H groups in total. The molecule has 4 nitrogen and oxygen atoms in total. The molecule has 0 aromatic rings. The molecule has 0 atom stereocenters. The molecule has 0 radical (unpaired) electrons. The molecular formula is C4H8ClNO3S. The summed E-state index contributed by atoms with van der Waals surface area (Å²) in [6.07, 6.45) is 0. The number of halogens is 1. The van der Waals surface area contributed by atoms with Gasteiger partial charge in [0.05, 0.1) is 0 Å². The molecule has 0 aromatic heterocycles. The van der Waals surface area contributed by atoms with Crippen LogP contribution in [0.25, 0.3) is 0 Å². The van der Waals surface area contributed by atoms with E-state index < -0.39 is 15.1 Å². The van der Waals surface area contributed by atoms with Crippen LogP contribution >= 0.6 is 10.7 Å². The smallest absolute Gasteiger partial charge is 0.274 e. The summed E-state index contributed by atoms with van der Waals surface area (Å²) in [6.45, 7) is 2.74. The summed E-state index contributed by atoms with van der Waals surface area (Å²) in [4.78, 5) is 10.5. The van der Waals surface area contributed by atoms with Gasteiger partial charge in [0.1, 0.15) is 0 Å². The molecule has 0 bridgehead atoms. The Labute approximate surface area is 64.3 Å². The summed E-state index contributed by atoms with van der Waals surface area (Å²) in [5.74, 6) is -0.572. The minimum Gasteiger partial charge on any atom is -0.274 e. The van der Waals surface area contributed by atoms with E-state index in [1.54, 1.807) is 0 Å². The van der Waals surface area contributed by atoms with E-state index in [-0.39, 0.29) is 6.54 Å². The molecular weight excluding hydrogens is 178 g/mol. The third-order valence-electron chi connectivity index (χ3n) is 0.902. The second-order valence-corrected chi connectivity index (χ2v) is 4.06. The van der Waals surface area contributed by atoms with Crippen molar-refractivity contribution in [1.82, 2.24) is 4.31 Å².